The molecule has 4 rings (SSSR count). The van der Waals surface area contributed by atoms with Crippen molar-refractivity contribution in [1.82, 2.24) is 24.6 Å². The van der Waals surface area contributed by atoms with Crippen LogP contribution in [0, 0.1) is 11.8 Å². The Morgan fingerprint density at radius 3 is 2.69 bits per heavy atom. The summed E-state index contributed by atoms with van der Waals surface area (Å²) in [6.45, 7) is 5.76. The summed E-state index contributed by atoms with van der Waals surface area (Å²) in [6.07, 6.45) is 9.41. The number of rotatable bonds is 3. The summed E-state index contributed by atoms with van der Waals surface area (Å²) in [5.74, 6) is 2.75. The van der Waals surface area contributed by atoms with Gasteiger partial charge in [0.2, 0.25) is 5.91 Å². The number of nitrogens with zero attached hydrogens (tertiary/aromatic N) is 6. The number of piperidine rings is 2. The molecule has 0 spiro atoms. The molecule has 7 heteroatoms. The number of aromatic nitrogens is 4. The van der Waals surface area contributed by atoms with Gasteiger partial charge in [-0.25, -0.2) is 14.6 Å². The average Bonchev–Trinajstić information content (AvgIpc) is 3.23. The molecule has 2 saturated heterocycles. The number of likely N-dealkylation sites (tertiary alicyclic amines) is 1. The van der Waals surface area contributed by atoms with Crippen LogP contribution < -0.4 is 4.90 Å². The highest BCUT2D eigenvalue weighted by atomic mass is 16.2. The van der Waals surface area contributed by atoms with Gasteiger partial charge < -0.3 is 9.80 Å². The minimum Gasteiger partial charge on any atom is -0.356 e. The summed E-state index contributed by atoms with van der Waals surface area (Å²) in [7, 11) is 0. The topological polar surface area (TPSA) is 67.2 Å². The lowest BCUT2D eigenvalue weighted by Gasteiger charge is -2.37. The zero-order valence-electron chi connectivity index (χ0n) is 15.3. The Kier molecular flexibility index (Phi) is 4.86. The third-order valence-electron chi connectivity index (χ3n) is 5.57. The molecular weight excluding hydrogens is 328 g/mol. The standard InChI is InChI=1S/C19H26N6O/c1-15-5-10-23(11-6-15)19(26)16-4-2-8-24(13-16)17-12-18(21-14-20-17)25-9-3-7-22-25/h3,7,9,12,14-16H,2,4-6,8,10-11,13H2,1H3. The molecule has 1 unspecified atom stereocenters. The molecule has 26 heavy (non-hydrogen) atoms. The lowest BCUT2D eigenvalue weighted by Crippen LogP contribution is -2.47. The van der Waals surface area contributed by atoms with Crippen LogP contribution in [0.2, 0.25) is 0 Å². The first-order chi connectivity index (χ1) is 12.7. The lowest BCUT2D eigenvalue weighted by atomic mass is 9.93. The van der Waals surface area contributed by atoms with Crippen molar-refractivity contribution >= 4 is 11.7 Å². The van der Waals surface area contributed by atoms with Crippen LogP contribution in [0.4, 0.5) is 5.82 Å². The first-order valence-electron chi connectivity index (χ1n) is 9.56. The summed E-state index contributed by atoms with van der Waals surface area (Å²) in [6, 6.07) is 3.82. The molecule has 2 aliphatic heterocycles. The summed E-state index contributed by atoms with van der Waals surface area (Å²) in [5, 5.41) is 4.23. The van der Waals surface area contributed by atoms with Crippen LogP contribution >= 0.6 is 0 Å². The van der Waals surface area contributed by atoms with E-state index in [0.29, 0.717) is 5.91 Å². The number of anilines is 1. The lowest BCUT2D eigenvalue weighted by molar-refractivity contribution is -0.137. The zero-order chi connectivity index (χ0) is 17.9. The molecule has 2 aromatic heterocycles. The summed E-state index contributed by atoms with van der Waals surface area (Å²) in [4.78, 5) is 26.0. The van der Waals surface area contributed by atoms with E-state index < -0.39 is 0 Å². The fourth-order valence-electron chi connectivity index (χ4n) is 3.91. The molecule has 1 amide bonds. The van der Waals surface area contributed by atoms with Gasteiger partial charge in [0.05, 0.1) is 5.92 Å². The van der Waals surface area contributed by atoms with E-state index >= 15 is 0 Å². The third-order valence-corrected chi connectivity index (χ3v) is 5.57. The van der Waals surface area contributed by atoms with Gasteiger partial charge in [-0.1, -0.05) is 6.92 Å². The van der Waals surface area contributed by atoms with Gasteiger partial charge in [-0.15, -0.1) is 0 Å². The molecule has 0 bridgehead atoms. The first kappa shape index (κ1) is 17.0. The minimum absolute atomic E-state index is 0.0697. The van der Waals surface area contributed by atoms with Crippen LogP contribution in [-0.2, 0) is 4.79 Å². The highest BCUT2D eigenvalue weighted by molar-refractivity contribution is 5.79. The molecule has 2 aromatic rings. The number of carbonyl (C=O) groups is 1. The Morgan fingerprint density at radius 1 is 1.12 bits per heavy atom. The quantitative estimate of drug-likeness (QED) is 0.845. The summed E-state index contributed by atoms with van der Waals surface area (Å²) < 4.78 is 1.73. The Balaban J connectivity index is 1.45. The molecular formula is C19H26N6O. The van der Waals surface area contributed by atoms with Gasteiger partial charge in [0.1, 0.15) is 12.1 Å². The van der Waals surface area contributed by atoms with Crippen LogP contribution in [-0.4, -0.2) is 56.7 Å². The van der Waals surface area contributed by atoms with E-state index in [-0.39, 0.29) is 5.92 Å². The maximum Gasteiger partial charge on any atom is 0.227 e. The summed E-state index contributed by atoms with van der Waals surface area (Å²) >= 11 is 0. The fourth-order valence-corrected chi connectivity index (χ4v) is 3.91. The SMILES string of the molecule is CC1CCN(C(=O)C2CCCN(c3cc(-n4cccn4)ncn3)C2)CC1. The molecule has 0 N–H and O–H groups in total. The van der Waals surface area contributed by atoms with Crippen molar-refractivity contribution in [3.63, 3.8) is 0 Å². The van der Waals surface area contributed by atoms with Gasteiger partial charge in [0, 0.05) is 44.6 Å². The maximum absolute atomic E-state index is 12.9. The molecule has 0 aliphatic carbocycles. The van der Waals surface area contributed by atoms with Crippen molar-refractivity contribution in [2.45, 2.75) is 32.6 Å². The second-order valence-corrected chi connectivity index (χ2v) is 7.48. The van der Waals surface area contributed by atoms with Crippen molar-refractivity contribution in [3.8, 4) is 5.82 Å². The van der Waals surface area contributed by atoms with Crippen molar-refractivity contribution < 1.29 is 4.79 Å². The fraction of sp³-hybridized carbons (Fsp3) is 0.579. The molecule has 1 atom stereocenters. The molecule has 7 nitrogen and oxygen atoms in total. The van der Waals surface area contributed by atoms with E-state index in [0.717, 1.165) is 69.4 Å². The zero-order valence-corrected chi connectivity index (χ0v) is 15.3. The Bertz CT molecular complexity index is 738. The third kappa shape index (κ3) is 3.57. The molecule has 2 aliphatic rings. The Labute approximate surface area is 154 Å². The molecule has 0 saturated carbocycles. The van der Waals surface area contributed by atoms with E-state index in [9.17, 15) is 4.79 Å². The monoisotopic (exact) mass is 354 g/mol. The smallest absolute Gasteiger partial charge is 0.227 e. The van der Waals surface area contributed by atoms with E-state index in [2.05, 4.69) is 31.8 Å². The van der Waals surface area contributed by atoms with Crippen LogP contribution in [0.1, 0.15) is 32.6 Å². The van der Waals surface area contributed by atoms with Gasteiger partial charge in [-0.2, -0.15) is 5.10 Å². The maximum atomic E-state index is 12.9. The molecule has 138 valence electrons. The van der Waals surface area contributed by atoms with E-state index in [4.69, 9.17) is 0 Å². The number of hydrogen-bond acceptors (Lipinski definition) is 5. The van der Waals surface area contributed by atoms with Crippen LogP contribution in [0.15, 0.2) is 30.9 Å². The number of hydrogen-bond donors (Lipinski definition) is 0. The largest absolute Gasteiger partial charge is 0.356 e. The van der Waals surface area contributed by atoms with E-state index in [1.54, 1.807) is 17.2 Å². The van der Waals surface area contributed by atoms with Crippen molar-refractivity contribution in [2.75, 3.05) is 31.1 Å². The van der Waals surface area contributed by atoms with Crippen molar-refractivity contribution in [3.05, 3.63) is 30.9 Å². The number of carbonyl (C=O) groups excluding carboxylic acids is 1. The number of amides is 1. The average molecular weight is 354 g/mol. The molecule has 0 radical (unpaired) electrons. The molecule has 4 heterocycles. The van der Waals surface area contributed by atoms with Gasteiger partial charge in [-0.05, 0) is 37.7 Å². The Hall–Kier alpha value is -2.44. The van der Waals surface area contributed by atoms with E-state index in [1.165, 1.54) is 0 Å². The second-order valence-electron chi connectivity index (χ2n) is 7.48. The Morgan fingerprint density at radius 2 is 1.92 bits per heavy atom. The molecule has 0 aromatic carbocycles. The van der Waals surface area contributed by atoms with Crippen molar-refractivity contribution in [2.24, 2.45) is 11.8 Å². The van der Waals surface area contributed by atoms with Crippen molar-refractivity contribution in [1.29, 1.82) is 0 Å². The van der Waals surface area contributed by atoms with Gasteiger partial charge in [-0.3, -0.25) is 4.79 Å². The highest BCUT2D eigenvalue weighted by Crippen LogP contribution is 2.25. The normalized spacial score (nSPS) is 21.8. The minimum atomic E-state index is 0.0697. The first-order valence-corrected chi connectivity index (χ1v) is 9.56. The van der Waals surface area contributed by atoms with Crippen LogP contribution in [0.5, 0.6) is 0 Å². The van der Waals surface area contributed by atoms with Crippen LogP contribution in [0.25, 0.3) is 5.82 Å². The van der Waals surface area contributed by atoms with E-state index in [1.807, 2.05) is 18.3 Å². The highest BCUT2D eigenvalue weighted by Gasteiger charge is 2.31. The van der Waals surface area contributed by atoms with Gasteiger partial charge >= 0.3 is 0 Å². The predicted molar refractivity (Wildman–Crippen MR) is 99.1 cm³/mol. The van der Waals surface area contributed by atoms with Crippen LogP contribution in [0.3, 0.4) is 0 Å². The van der Waals surface area contributed by atoms with Gasteiger partial charge in [0.15, 0.2) is 5.82 Å². The van der Waals surface area contributed by atoms with Gasteiger partial charge in [0.25, 0.3) is 0 Å². The predicted octanol–water partition coefficient (Wildman–Crippen LogP) is 2.14. The second kappa shape index (κ2) is 7.43. The summed E-state index contributed by atoms with van der Waals surface area (Å²) in [5.41, 5.74) is 0. The molecule has 2 fully saturated rings.